The van der Waals surface area contributed by atoms with Crippen molar-refractivity contribution in [2.24, 2.45) is 5.92 Å². The average Bonchev–Trinajstić information content (AvgIpc) is 2.94. The Morgan fingerprint density at radius 1 is 0.974 bits per heavy atom. The summed E-state index contributed by atoms with van der Waals surface area (Å²) in [5.74, 6) is 0.465. The lowest BCUT2D eigenvalue weighted by Crippen LogP contribution is -2.43. The highest BCUT2D eigenvalue weighted by atomic mass is 16.5. The third kappa shape index (κ3) is 8.05. The molecule has 3 rings (SSSR count). The van der Waals surface area contributed by atoms with Crippen molar-refractivity contribution >= 4 is 11.5 Å². The third-order valence-corrected chi connectivity index (χ3v) is 8.43. The van der Waals surface area contributed by atoms with Gasteiger partial charge in [0.05, 0.1) is 12.5 Å². The Balaban J connectivity index is 1.88. The average molecular weight is 524 g/mol. The molecule has 0 aromatic heterocycles. The maximum Gasteiger partial charge on any atom is 0.229 e. The Labute approximate surface area is 232 Å². The summed E-state index contributed by atoms with van der Waals surface area (Å²) in [4.78, 5) is 15.3. The first-order valence-corrected chi connectivity index (χ1v) is 15.7. The van der Waals surface area contributed by atoms with Gasteiger partial charge in [0.15, 0.2) is 6.23 Å². The third-order valence-electron chi connectivity index (χ3n) is 8.43. The Morgan fingerprint density at radius 2 is 1.74 bits per heavy atom. The van der Waals surface area contributed by atoms with Crippen molar-refractivity contribution in [3.05, 3.63) is 52.6 Å². The van der Waals surface area contributed by atoms with Gasteiger partial charge >= 0.3 is 0 Å². The molecule has 1 heterocycles. The van der Waals surface area contributed by atoms with Crippen LogP contribution in [0.1, 0.15) is 146 Å². The fourth-order valence-electron chi connectivity index (χ4n) is 6.02. The molecule has 1 N–H and O–H groups in total. The molecule has 0 fully saturated rings. The highest BCUT2D eigenvalue weighted by molar-refractivity contribution is 5.85. The van der Waals surface area contributed by atoms with Crippen molar-refractivity contribution in [2.45, 2.75) is 130 Å². The summed E-state index contributed by atoms with van der Waals surface area (Å²) in [6, 6.07) is 4.23. The maximum atomic E-state index is 13.5. The van der Waals surface area contributed by atoms with Gasteiger partial charge in [0.25, 0.3) is 0 Å². The lowest BCUT2D eigenvalue weighted by Gasteiger charge is -2.38. The summed E-state index contributed by atoms with van der Waals surface area (Å²) in [6.45, 7) is 10.2. The van der Waals surface area contributed by atoms with Gasteiger partial charge in [0.1, 0.15) is 0 Å². The standard InChI is InChI=1S/C34H53NO3/c1-5-9-11-12-13-17-23-38-31(8-4)33-28(27-19-15-14-16-20-27)21-22-29-30(33)24-32(36)35(34(29)37)25-26(7-3)18-10-6-2/h15,19-22,26,31,34,37H,5-14,16-18,23-25H2,1-4H3. The van der Waals surface area contributed by atoms with E-state index >= 15 is 0 Å². The Kier molecular flexibility index (Phi) is 13.1. The molecule has 212 valence electrons. The molecule has 1 aromatic rings. The van der Waals surface area contributed by atoms with E-state index in [9.17, 15) is 9.90 Å². The quantitative estimate of drug-likeness (QED) is 0.207. The topological polar surface area (TPSA) is 49.8 Å². The first-order chi connectivity index (χ1) is 18.5. The van der Waals surface area contributed by atoms with Gasteiger partial charge < -0.3 is 14.7 Å². The molecule has 2 aliphatic rings. The number of unbranched alkanes of at least 4 members (excludes halogenated alkanes) is 6. The SMILES string of the molecule is CCCCCCCCOC(CC)c1c(C2=CCCC=C2)ccc2c1CC(=O)N(CC(CC)CCCC)C2O. The van der Waals surface area contributed by atoms with Crippen molar-refractivity contribution in [1.82, 2.24) is 4.90 Å². The van der Waals surface area contributed by atoms with E-state index in [1.807, 2.05) is 0 Å². The van der Waals surface area contributed by atoms with Crippen LogP contribution in [0.2, 0.25) is 0 Å². The molecule has 0 spiro atoms. The van der Waals surface area contributed by atoms with Crippen LogP contribution in [0.25, 0.3) is 5.57 Å². The molecular formula is C34H53NO3. The number of benzene rings is 1. The van der Waals surface area contributed by atoms with Crippen molar-refractivity contribution < 1.29 is 14.6 Å². The van der Waals surface area contributed by atoms with Crippen molar-refractivity contribution in [1.29, 1.82) is 0 Å². The van der Waals surface area contributed by atoms with Gasteiger partial charge in [-0.1, -0.05) is 109 Å². The van der Waals surface area contributed by atoms with Gasteiger partial charge in [0.2, 0.25) is 5.91 Å². The second-order valence-electron chi connectivity index (χ2n) is 11.3. The van der Waals surface area contributed by atoms with Crippen LogP contribution in [0.4, 0.5) is 0 Å². The van der Waals surface area contributed by atoms with Crippen LogP contribution < -0.4 is 0 Å². The zero-order valence-electron chi connectivity index (χ0n) is 24.6. The van der Waals surface area contributed by atoms with Crippen LogP contribution in [-0.4, -0.2) is 29.1 Å². The number of nitrogens with zero attached hydrogens (tertiary/aromatic N) is 1. The first kappa shape index (κ1) is 30.6. The summed E-state index contributed by atoms with van der Waals surface area (Å²) in [7, 11) is 0. The number of allylic oxidation sites excluding steroid dienone is 4. The van der Waals surface area contributed by atoms with Gasteiger partial charge in [-0.2, -0.15) is 0 Å². The highest BCUT2D eigenvalue weighted by Gasteiger charge is 2.36. The Bertz CT molecular complexity index is 934. The molecule has 1 amide bonds. The first-order valence-electron chi connectivity index (χ1n) is 15.7. The number of fused-ring (bicyclic) bond motifs is 1. The monoisotopic (exact) mass is 523 g/mol. The summed E-state index contributed by atoms with van der Waals surface area (Å²) in [5.41, 5.74) is 5.38. The number of ether oxygens (including phenoxy) is 1. The Hall–Kier alpha value is -1.91. The zero-order valence-corrected chi connectivity index (χ0v) is 24.6. The molecule has 0 saturated carbocycles. The molecule has 0 saturated heterocycles. The van der Waals surface area contributed by atoms with Gasteiger partial charge in [-0.3, -0.25) is 4.79 Å². The van der Waals surface area contributed by atoms with Gasteiger partial charge in [-0.25, -0.2) is 0 Å². The van der Waals surface area contributed by atoms with Gasteiger partial charge in [-0.05, 0) is 60.3 Å². The normalized spacial score (nSPS) is 18.9. The number of aliphatic hydroxyl groups is 1. The summed E-state index contributed by atoms with van der Waals surface area (Å²) in [5, 5.41) is 11.5. The molecule has 3 atom stereocenters. The molecule has 1 aromatic carbocycles. The second kappa shape index (κ2) is 16.3. The molecule has 38 heavy (non-hydrogen) atoms. The van der Waals surface area contributed by atoms with Crippen molar-refractivity contribution in [3.8, 4) is 0 Å². The minimum atomic E-state index is -0.887. The molecule has 4 nitrogen and oxygen atoms in total. The van der Waals surface area contributed by atoms with E-state index < -0.39 is 6.23 Å². The Morgan fingerprint density at radius 3 is 2.42 bits per heavy atom. The molecule has 1 aliphatic carbocycles. The van der Waals surface area contributed by atoms with Crippen LogP contribution in [0.5, 0.6) is 0 Å². The number of hydrogen-bond donors (Lipinski definition) is 1. The van der Waals surface area contributed by atoms with Crippen LogP contribution in [-0.2, 0) is 16.0 Å². The van der Waals surface area contributed by atoms with E-state index in [2.05, 4.69) is 58.1 Å². The minimum Gasteiger partial charge on any atom is -0.374 e. The molecule has 1 aliphatic heterocycles. The number of rotatable bonds is 17. The van der Waals surface area contributed by atoms with Crippen LogP contribution >= 0.6 is 0 Å². The minimum absolute atomic E-state index is 0.0392. The zero-order chi connectivity index (χ0) is 27.3. The van der Waals surface area contributed by atoms with Gasteiger partial charge in [-0.15, -0.1) is 0 Å². The maximum absolute atomic E-state index is 13.5. The summed E-state index contributed by atoms with van der Waals surface area (Å²) >= 11 is 0. The van der Waals surface area contributed by atoms with E-state index in [1.54, 1.807) is 4.90 Å². The predicted molar refractivity (Wildman–Crippen MR) is 159 cm³/mol. The number of aliphatic hydroxyl groups excluding tert-OH is 1. The smallest absolute Gasteiger partial charge is 0.229 e. The lowest BCUT2D eigenvalue weighted by molar-refractivity contribution is -0.144. The number of carbonyl (C=O) groups is 1. The number of hydrogen-bond acceptors (Lipinski definition) is 3. The van der Waals surface area contributed by atoms with E-state index in [4.69, 9.17) is 4.74 Å². The van der Waals surface area contributed by atoms with E-state index in [-0.39, 0.29) is 12.0 Å². The van der Waals surface area contributed by atoms with E-state index in [0.717, 1.165) is 80.2 Å². The number of amides is 1. The lowest BCUT2D eigenvalue weighted by atomic mass is 9.82. The summed E-state index contributed by atoms with van der Waals surface area (Å²) < 4.78 is 6.55. The fraction of sp³-hybridized carbons (Fsp3) is 0.676. The largest absolute Gasteiger partial charge is 0.374 e. The van der Waals surface area contributed by atoms with Crippen molar-refractivity contribution in [2.75, 3.05) is 13.2 Å². The van der Waals surface area contributed by atoms with Crippen LogP contribution in [0.15, 0.2) is 30.4 Å². The summed E-state index contributed by atoms with van der Waals surface area (Å²) in [6.07, 6.45) is 20.9. The number of carbonyl (C=O) groups excluding carboxylic acids is 1. The van der Waals surface area contributed by atoms with E-state index in [1.165, 1.54) is 37.7 Å². The van der Waals surface area contributed by atoms with E-state index in [0.29, 0.717) is 18.9 Å². The second-order valence-corrected chi connectivity index (χ2v) is 11.3. The highest BCUT2D eigenvalue weighted by Crippen LogP contribution is 2.41. The fourth-order valence-corrected chi connectivity index (χ4v) is 6.02. The molecule has 0 radical (unpaired) electrons. The molecular weight excluding hydrogens is 470 g/mol. The van der Waals surface area contributed by atoms with Crippen molar-refractivity contribution in [3.63, 3.8) is 0 Å². The van der Waals surface area contributed by atoms with Crippen LogP contribution in [0.3, 0.4) is 0 Å². The van der Waals surface area contributed by atoms with Crippen LogP contribution in [0, 0.1) is 5.92 Å². The molecule has 0 bridgehead atoms. The predicted octanol–water partition coefficient (Wildman–Crippen LogP) is 8.84. The van der Waals surface area contributed by atoms with Gasteiger partial charge in [0, 0.05) is 18.7 Å². The molecule has 3 unspecified atom stereocenters. The molecule has 4 heteroatoms.